The Morgan fingerprint density at radius 1 is 1.17 bits per heavy atom. The summed E-state index contributed by atoms with van der Waals surface area (Å²) in [6, 6.07) is 13.0. The monoisotopic (exact) mass is 475 g/mol. The zero-order valence-electron chi connectivity index (χ0n) is 19.2. The molecule has 1 unspecified atom stereocenters. The van der Waals surface area contributed by atoms with Crippen LogP contribution in [0, 0.1) is 0 Å². The highest BCUT2D eigenvalue weighted by Crippen LogP contribution is 2.36. The minimum absolute atomic E-state index is 0.0869. The van der Waals surface area contributed by atoms with Gasteiger partial charge in [0.15, 0.2) is 17.3 Å². The van der Waals surface area contributed by atoms with E-state index in [1.54, 1.807) is 13.0 Å². The van der Waals surface area contributed by atoms with Crippen molar-refractivity contribution in [3.63, 3.8) is 0 Å². The Bertz CT molecular complexity index is 1420. The normalized spacial score (nSPS) is 14.8. The van der Waals surface area contributed by atoms with Gasteiger partial charge in [0.2, 0.25) is 0 Å². The largest absolute Gasteiger partial charge is 0.490 e. The van der Waals surface area contributed by atoms with E-state index in [9.17, 15) is 14.7 Å². The van der Waals surface area contributed by atoms with Crippen molar-refractivity contribution in [1.29, 1.82) is 0 Å². The topological polar surface area (TPSA) is 143 Å². The van der Waals surface area contributed by atoms with E-state index in [0.29, 0.717) is 35.0 Å². The van der Waals surface area contributed by atoms with Crippen molar-refractivity contribution in [2.45, 2.75) is 51.2 Å². The second-order valence-corrected chi connectivity index (χ2v) is 8.54. The van der Waals surface area contributed by atoms with E-state index >= 15 is 0 Å². The van der Waals surface area contributed by atoms with Crippen molar-refractivity contribution in [3.8, 4) is 34.0 Å². The molecule has 1 aliphatic rings. The van der Waals surface area contributed by atoms with Crippen molar-refractivity contribution >= 4 is 17.1 Å². The summed E-state index contributed by atoms with van der Waals surface area (Å²) in [4.78, 5) is 31.1. The molecular formula is C25H25N5O5. The Kier molecular flexibility index (Phi) is 6.17. The van der Waals surface area contributed by atoms with Crippen LogP contribution in [0.2, 0.25) is 0 Å². The fourth-order valence-electron chi connectivity index (χ4n) is 4.29. The summed E-state index contributed by atoms with van der Waals surface area (Å²) >= 11 is 0. The number of nitrogens with one attached hydrogen (secondary N) is 2. The summed E-state index contributed by atoms with van der Waals surface area (Å²) < 4.78 is 12.1. The van der Waals surface area contributed by atoms with Crippen molar-refractivity contribution in [2.75, 3.05) is 0 Å². The molecule has 5 rings (SSSR count). The lowest BCUT2D eigenvalue weighted by molar-refractivity contribution is -0.145. The van der Waals surface area contributed by atoms with Gasteiger partial charge in [0.1, 0.15) is 17.3 Å². The molecule has 1 fully saturated rings. The molecule has 10 heteroatoms. The number of carboxylic acids is 1. The first-order valence-corrected chi connectivity index (χ1v) is 11.6. The average molecular weight is 476 g/mol. The lowest BCUT2D eigenvalue weighted by Gasteiger charge is -2.18. The maximum Gasteiger partial charge on any atom is 0.344 e. The van der Waals surface area contributed by atoms with Crippen molar-refractivity contribution in [1.82, 2.24) is 25.4 Å². The molecule has 4 aromatic rings. The van der Waals surface area contributed by atoms with Crippen LogP contribution in [0.15, 0.2) is 47.3 Å². The van der Waals surface area contributed by atoms with Crippen molar-refractivity contribution < 1.29 is 19.4 Å². The molecule has 180 valence electrons. The number of carbonyl (C=O) groups is 1. The van der Waals surface area contributed by atoms with Gasteiger partial charge in [-0.15, -0.1) is 5.10 Å². The first-order valence-electron chi connectivity index (χ1n) is 11.6. The van der Waals surface area contributed by atoms with Crippen LogP contribution in [-0.2, 0) is 4.79 Å². The lowest BCUT2D eigenvalue weighted by Crippen LogP contribution is -2.25. The van der Waals surface area contributed by atoms with Crippen LogP contribution in [0.5, 0.6) is 11.5 Å². The van der Waals surface area contributed by atoms with Crippen LogP contribution >= 0.6 is 0 Å². The SMILES string of the molecule is CCC(Oc1cccc(-c2ccc(-c3nc4[nH]nnc4c(=O)[nH]3)c(OC3CCCC3)c2)c1)C(=O)O. The summed E-state index contributed by atoms with van der Waals surface area (Å²) in [7, 11) is 0. The minimum Gasteiger partial charge on any atom is -0.490 e. The number of H-pyrrole nitrogens is 2. The number of carboxylic acid groups (broad SMARTS) is 1. The van der Waals surface area contributed by atoms with E-state index in [2.05, 4.69) is 25.4 Å². The predicted molar refractivity (Wildman–Crippen MR) is 128 cm³/mol. The molecule has 2 heterocycles. The van der Waals surface area contributed by atoms with Gasteiger partial charge in [0.25, 0.3) is 5.56 Å². The lowest BCUT2D eigenvalue weighted by atomic mass is 10.0. The van der Waals surface area contributed by atoms with Gasteiger partial charge >= 0.3 is 5.97 Å². The maximum absolute atomic E-state index is 12.5. The summed E-state index contributed by atoms with van der Waals surface area (Å²) in [6.07, 6.45) is 3.69. The summed E-state index contributed by atoms with van der Waals surface area (Å²) in [5.41, 5.74) is 2.42. The molecule has 1 saturated carbocycles. The number of aromatic amines is 2. The molecule has 3 N–H and O–H groups in total. The number of aromatic nitrogens is 5. The molecule has 10 nitrogen and oxygen atoms in total. The highest BCUT2D eigenvalue weighted by molar-refractivity contribution is 5.77. The molecule has 0 saturated heterocycles. The quantitative estimate of drug-likeness (QED) is 0.348. The first-order chi connectivity index (χ1) is 17.0. The van der Waals surface area contributed by atoms with Gasteiger partial charge in [0.05, 0.1) is 11.7 Å². The van der Waals surface area contributed by atoms with Crippen LogP contribution in [0.3, 0.4) is 0 Å². The van der Waals surface area contributed by atoms with Crippen LogP contribution in [-0.4, -0.2) is 48.7 Å². The molecule has 1 aliphatic carbocycles. The van der Waals surface area contributed by atoms with Crippen LogP contribution in [0.1, 0.15) is 39.0 Å². The fourth-order valence-corrected chi connectivity index (χ4v) is 4.29. The Labute approximate surface area is 200 Å². The number of hydrogen-bond donors (Lipinski definition) is 3. The number of rotatable bonds is 8. The van der Waals surface area contributed by atoms with Crippen LogP contribution in [0.25, 0.3) is 33.7 Å². The Balaban J connectivity index is 1.54. The van der Waals surface area contributed by atoms with Gasteiger partial charge in [-0.3, -0.25) is 4.79 Å². The molecular weight excluding hydrogens is 450 g/mol. The average Bonchev–Trinajstić information content (AvgIpc) is 3.55. The third kappa shape index (κ3) is 4.72. The number of fused-ring (bicyclic) bond motifs is 1. The molecule has 2 aromatic heterocycles. The van der Waals surface area contributed by atoms with E-state index in [1.807, 2.05) is 36.4 Å². The number of nitrogens with zero attached hydrogens (tertiary/aromatic N) is 3. The summed E-state index contributed by atoms with van der Waals surface area (Å²) in [5.74, 6) is 0.438. The van der Waals surface area contributed by atoms with E-state index in [1.165, 1.54) is 0 Å². The molecule has 0 amide bonds. The molecule has 0 spiro atoms. The summed E-state index contributed by atoms with van der Waals surface area (Å²) in [6.45, 7) is 1.77. The first kappa shape index (κ1) is 22.6. The highest BCUT2D eigenvalue weighted by Gasteiger charge is 2.21. The van der Waals surface area contributed by atoms with E-state index < -0.39 is 12.1 Å². The van der Waals surface area contributed by atoms with Gasteiger partial charge in [-0.05, 0) is 67.5 Å². The molecule has 35 heavy (non-hydrogen) atoms. The second kappa shape index (κ2) is 9.57. The van der Waals surface area contributed by atoms with Gasteiger partial charge < -0.3 is 19.6 Å². The third-order valence-electron chi connectivity index (χ3n) is 6.13. The molecule has 0 bridgehead atoms. The zero-order valence-corrected chi connectivity index (χ0v) is 19.2. The van der Waals surface area contributed by atoms with Gasteiger partial charge in [-0.25, -0.2) is 14.9 Å². The van der Waals surface area contributed by atoms with E-state index in [4.69, 9.17) is 9.47 Å². The standard InChI is InChI=1S/C25H25N5O5/c1-2-19(25(32)33)35-17-9-5-6-14(12-17)15-10-11-18(20(13-15)34-16-7-3-4-8-16)22-26-23-21(24(31)27-22)28-30-29-23/h5-6,9-13,16,19H,2-4,7-8H2,1H3,(H,32,33)(H2,26,27,28,29,30,31). The van der Waals surface area contributed by atoms with E-state index in [0.717, 1.165) is 36.8 Å². The van der Waals surface area contributed by atoms with Gasteiger partial charge in [-0.2, -0.15) is 0 Å². The second-order valence-electron chi connectivity index (χ2n) is 8.54. The van der Waals surface area contributed by atoms with Crippen molar-refractivity contribution in [2.24, 2.45) is 0 Å². The number of benzene rings is 2. The minimum atomic E-state index is -1.000. The van der Waals surface area contributed by atoms with E-state index in [-0.39, 0.29) is 17.2 Å². The highest BCUT2D eigenvalue weighted by atomic mass is 16.5. The van der Waals surface area contributed by atoms with Gasteiger partial charge in [-0.1, -0.05) is 30.3 Å². The van der Waals surface area contributed by atoms with Crippen LogP contribution < -0.4 is 15.0 Å². The molecule has 0 aliphatic heterocycles. The Morgan fingerprint density at radius 3 is 2.74 bits per heavy atom. The van der Waals surface area contributed by atoms with Crippen molar-refractivity contribution in [3.05, 3.63) is 52.8 Å². The number of aliphatic carboxylic acids is 1. The molecule has 1 atom stereocenters. The summed E-state index contributed by atoms with van der Waals surface area (Å²) in [5, 5.41) is 19.4. The zero-order chi connectivity index (χ0) is 24.4. The number of hydrogen-bond acceptors (Lipinski definition) is 7. The molecule has 2 aromatic carbocycles. The molecule has 0 radical (unpaired) electrons. The maximum atomic E-state index is 12.5. The smallest absolute Gasteiger partial charge is 0.344 e. The third-order valence-corrected chi connectivity index (χ3v) is 6.13. The number of ether oxygens (including phenoxy) is 2. The Morgan fingerprint density at radius 2 is 1.97 bits per heavy atom. The van der Waals surface area contributed by atoms with Crippen LogP contribution in [0.4, 0.5) is 0 Å². The fraction of sp³-hybridized carbons (Fsp3) is 0.320. The Hall–Kier alpha value is -4.21. The predicted octanol–water partition coefficient (Wildman–Crippen LogP) is 3.94. The van der Waals surface area contributed by atoms with Gasteiger partial charge in [0, 0.05) is 0 Å².